The molecule has 210 valence electrons. The van der Waals surface area contributed by atoms with Gasteiger partial charge in [0.05, 0.1) is 19.6 Å². The van der Waals surface area contributed by atoms with Gasteiger partial charge >= 0.3 is 29.8 Å². The summed E-state index contributed by atoms with van der Waals surface area (Å²) in [4.78, 5) is 86.0. The number of aliphatic carboxylic acids is 5. The first-order chi connectivity index (χ1) is 17.0. The van der Waals surface area contributed by atoms with E-state index in [4.69, 9.17) is 35.7 Å². The highest BCUT2D eigenvalue weighted by atomic mass is 16.5. The molecule has 8 N–H and O–H groups in total. The molecule has 37 heavy (non-hydrogen) atoms. The third-order valence-electron chi connectivity index (χ3n) is 3.72. The molecule has 0 aromatic rings. The van der Waals surface area contributed by atoms with Crippen LogP contribution in [0.2, 0.25) is 0 Å². The van der Waals surface area contributed by atoms with Gasteiger partial charge in [-0.25, -0.2) is 0 Å². The van der Waals surface area contributed by atoms with Gasteiger partial charge in [-0.2, -0.15) is 0 Å². The zero-order chi connectivity index (χ0) is 29.3. The highest BCUT2D eigenvalue weighted by molar-refractivity contribution is 5.94. The van der Waals surface area contributed by atoms with Crippen LogP contribution in [0, 0.1) is 0 Å². The summed E-state index contributed by atoms with van der Waals surface area (Å²) >= 11 is 0. The molecule has 0 saturated carbocycles. The maximum Gasteiger partial charge on any atom is 0.323 e. The first-order valence-corrected chi connectivity index (χ1v) is 9.93. The third kappa shape index (κ3) is 19.6. The standard InChI is InChI=1S/C8H12N2O6.C6H9NO5.C4H7NO4/c11-5-1-9(3-7(13)14)6(12)2-10(5)4-8(15)16;1-4(8)7(2-5(9)10)3-6(11)12;6-3(7)1-5-2-4(8)9/h7,13-14H,1-4H2,(H,15,16);2-3H2,1H3,(H,9,10)(H,11,12);5H,1-2H2,(H,6,7)(H,8,9). The second-order valence-corrected chi connectivity index (χ2v) is 6.95. The summed E-state index contributed by atoms with van der Waals surface area (Å²) in [6.07, 6.45) is -1.71. The van der Waals surface area contributed by atoms with Crippen LogP contribution in [0.1, 0.15) is 6.92 Å². The summed E-state index contributed by atoms with van der Waals surface area (Å²) in [6.45, 7) is -2.24. The molecule has 0 radical (unpaired) electrons. The first kappa shape index (κ1) is 34.8. The van der Waals surface area contributed by atoms with Crippen LogP contribution in [0.15, 0.2) is 0 Å². The maximum atomic E-state index is 11.4. The molecule has 1 fully saturated rings. The van der Waals surface area contributed by atoms with Crippen LogP contribution in [0.4, 0.5) is 0 Å². The molecule has 19 heteroatoms. The van der Waals surface area contributed by atoms with Gasteiger partial charge in [-0.15, -0.1) is 0 Å². The van der Waals surface area contributed by atoms with Crippen molar-refractivity contribution in [2.75, 3.05) is 52.4 Å². The van der Waals surface area contributed by atoms with Crippen LogP contribution in [0.25, 0.3) is 0 Å². The Morgan fingerprint density at radius 1 is 0.757 bits per heavy atom. The van der Waals surface area contributed by atoms with Gasteiger partial charge in [-0.05, 0) is 0 Å². The molecular formula is C18H28N4O15. The summed E-state index contributed by atoms with van der Waals surface area (Å²) in [5.41, 5.74) is 0. The molecule has 0 atom stereocenters. The fourth-order valence-corrected chi connectivity index (χ4v) is 2.26. The van der Waals surface area contributed by atoms with Crippen LogP contribution in [-0.2, 0) is 38.4 Å². The maximum absolute atomic E-state index is 11.4. The number of amides is 3. The number of aliphatic hydroxyl groups excluding tert-OH is 1. The Hall–Kier alpha value is -4.36. The predicted molar refractivity (Wildman–Crippen MR) is 115 cm³/mol. The van der Waals surface area contributed by atoms with Crippen molar-refractivity contribution < 1.29 is 74.1 Å². The highest BCUT2D eigenvalue weighted by Crippen LogP contribution is 2.05. The Bertz CT molecular complexity index is 830. The number of piperazine rings is 1. The Kier molecular flexibility index (Phi) is 16.9. The summed E-state index contributed by atoms with van der Waals surface area (Å²) in [7, 11) is 0. The minimum absolute atomic E-state index is 0.313. The number of β-amino-alcohol motifs (C(OH)–C–C–N with tert-alkyl or cyclic N) is 2. The lowest BCUT2D eigenvalue weighted by molar-refractivity contribution is -0.158. The van der Waals surface area contributed by atoms with Crippen molar-refractivity contribution in [2.45, 2.75) is 13.2 Å². The van der Waals surface area contributed by atoms with Gasteiger partial charge in [0.2, 0.25) is 17.7 Å². The number of nitrogens with one attached hydrogen (secondary N) is 1. The lowest BCUT2D eigenvalue weighted by Gasteiger charge is -2.33. The fraction of sp³-hybridized carbons (Fsp3) is 0.556. The number of carbonyl (C=O) groups is 8. The van der Waals surface area contributed by atoms with Crippen molar-refractivity contribution in [1.29, 1.82) is 0 Å². The summed E-state index contributed by atoms with van der Waals surface area (Å²) < 4.78 is 0. The fourth-order valence-electron chi connectivity index (χ4n) is 2.26. The number of hydrogen-bond acceptors (Lipinski definition) is 11. The molecule has 1 rings (SSSR count). The lowest BCUT2D eigenvalue weighted by Crippen LogP contribution is -2.56. The van der Waals surface area contributed by atoms with Crippen molar-refractivity contribution in [3.8, 4) is 0 Å². The molecule has 1 aliphatic rings. The Morgan fingerprint density at radius 2 is 1.16 bits per heavy atom. The average molecular weight is 540 g/mol. The predicted octanol–water partition coefficient (Wildman–Crippen LogP) is -5.20. The van der Waals surface area contributed by atoms with E-state index in [-0.39, 0.29) is 32.7 Å². The molecule has 3 amide bonds. The van der Waals surface area contributed by atoms with Gasteiger partial charge in [0, 0.05) is 6.92 Å². The molecule has 0 aromatic heterocycles. The molecule has 19 nitrogen and oxygen atoms in total. The van der Waals surface area contributed by atoms with E-state index in [0.717, 1.165) is 21.6 Å². The van der Waals surface area contributed by atoms with E-state index in [0.29, 0.717) is 0 Å². The van der Waals surface area contributed by atoms with Crippen LogP contribution in [0.3, 0.4) is 0 Å². The third-order valence-corrected chi connectivity index (χ3v) is 3.72. The number of aliphatic hydroxyl groups is 2. The monoisotopic (exact) mass is 540 g/mol. The van der Waals surface area contributed by atoms with E-state index >= 15 is 0 Å². The number of nitrogens with zero attached hydrogens (tertiary/aromatic N) is 3. The zero-order valence-corrected chi connectivity index (χ0v) is 19.5. The highest BCUT2D eigenvalue weighted by Gasteiger charge is 2.31. The van der Waals surface area contributed by atoms with Crippen LogP contribution >= 0.6 is 0 Å². The second-order valence-electron chi connectivity index (χ2n) is 6.95. The topological polar surface area (TPSA) is 300 Å². The van der Waals surface area contributed by atoms with E-state index in [1.165, 1.54) is 0 Å². The molecule has 1 aliphatic heterocycles. The molecule has 1 saturated heterocycles. The van der Waals surface area contributed by atoms with Crippen LogP contribution in [-0.4, -0.2) is 157 Å². The van der Waals surface area contributed by atoms with E-state index in [1.54, 1.807) is 0 Å². The van der Waals surface area contributed by atoms with Gasteiger partial charge in [0.1, 0.15) is 32.7 Å². The van der Waals surface area contributed by atoms with Crippen molar-refractivity contribution >= 4 is 47.6 Å². The van der Waals surface area contributed by atoms with Crippen molar-refractivity contribution in [1.82, 2.24) is 20.0 Å². The van der Waals surface area contributed by atoms with Gasteiger partial charge < -0.3 is 50.4 Å². The van der Waals surface area contributed by atoms with E-state index in [9.17, 15) is 38.4 Å². The normalized spacial score (nSPS) is 12.5. The van der Waals surface area contributed by atoms with Crippen molar-refractivity contribution in [2.24, 2.45) is 0 Å². The summed E-state index contributed by atoms with van der Waals surface area (Å²) in [5, 5.41) is 60.5. The number of rotatable bonds is 12. The Morgan fingerprint density at radius 3 is 1.49 bits per heavy atom. The molecule has 0 aromatic carbocycles. The zero-order valence-electron chi connectivity index (χ0n) is 19.5. The van der Waals surface area contributed by atoms with Crippen molar-refractivity contribution in [3.63, 3.8) is 0 Å². The molecule has 0 aliphatic carbocycles. The lowest BCUT2D eigenvalue weighted by atomic mass is 10.3. The molecular weight excluding hydrogens is 512 g/mol. The quantitative estimate of drug-likeness (QED) is 0.107. The molecule has 1 heterocycles. The Balaban J connectivity index is 0. The Labute approximate surface area is 208 Å². The molecule has 0 bridgehead atoms. The summed E-state index contributed by atoms with van der Waals surface area (Å²) in [5.74, 6) is -7.38. The minimum atomic E-state index is -1.71. The SMILES string of the molecule is CC(=O)N(CC(=O)O)CC(=O)O.O=C(O)CN1CC(=O)N(CC(O)O)CC1=O.O=C(O)CNCC(=O)O. The van der Waals surface area contributed by atoms with Gasteiger partial charge in [-0.3, -0.25) is 43.7 Å². The second kappa shape index (κ2) is 18.0. The molecule has 0 unspecified atom stereocenters. The number of carbonyl (C=O) groups excluding carboxylic acids is 3. The number of carboxylic acids is 5. The van der Waals surface area contributed by atoms with Crippen LogP contribution in [0.5, 0.6) is 0 Å². The number of hydrogen-bond donors (Lipinski definition) is 8. The smallest absolute Gasteiger partial charge is 0.323 e. The van der Waals surface area contributed by atoms with Crippen molar-refractivity contribution in [3.05, 3.63) is 0 Å². The van der Waals surface area contributed by atoms with Gasteiger partial charge in [0.15, 0.2) is 6.29 Å². The molecule has 0 spiro atoms. The van der Waals surface area contributed by atoms with E-state index in [1.807, 2.05) is 0 Å². The summed E-state index contributed by atoms with van der Waals surface area (Å²) in [6, 6.07) is 0. The van der Waals surface area contributed by atoms with E-state index in [2.05, 4.69) is 5.32 Å². The van der Waals surface area contributed by atoms with Gasteiger partial charge in [-0.1, -0.05) is 0 Å². The van der Waals surface area contributed by atoms with Gasteiger partial charge in [0.25, 0.3) is 0 Å². The first-order valence-electron chi connectivity index (χ1n) is 9.93. The van der Waals surface area contributed by atoms with E-state index < -0.39 is 73.5 Å². The minimum Gasteiger partial charge on any atom is -0.480 e. The average Bonchev–Trinajstić information content (AvgIpc) is 2.70. The largest absolute Gasteiger partial charge is 0.480 e. The van der Waals surface area contributed by atoms with Crippen LogP contribution < -0.4 is 5.32 Å². The number of carboxylic acid groups (broad SMARTS) is 5.